The second-order valence-electron chi connectivity index (χ2n) is 6.51. The van der Waals surface area contributed by atoms with Gasteiger partial charge in [-0.15, -0.1) is 11.3 Å². The van der Waals surface area contributed by atoms with Crippen LogP contribution in [-0.4, -0.2) is 34.6 Å². The molecule has 0 aliphatic heterocycles. The minimum absolute atomic E-state index is 0.288. The van der Waals surface area contributed by atoms with Crippen molar-refractivity contribution >= 4 is 39.1 Å². The molecule has 0 N–H and O–H groups in total. The highest BCUT2D eigenvalue weighted by atomic mass is 32.1. The number of benzene rings is 1. The molecule has 3 aromatic rings. The number of hydrogen-bond acceptors (Lipinski definition) is 6. The molecule has 1 aromatic carbocycles. The third kappa shape index (κ3) is 3.82. The van der Waals surface area contributed by atoms with Crippen molar-refractivity contribution in [3.8, 4) is 0 Å². The Labute approximate surface area is 166 Å². The van der Waals surface area contributed by atoms with Crippen molar-refractivity contribution in [2.24, 2.45) is 0 Å². The molecule has 2 aromatic heterocycles. The van der Waals surface area contributed by atoms with E-state index in [4.69, 9.17) is 4.74 Å². The van der Waals surface area contributed by atoms with Crippen LogP contribution in [0.5, 0.6) is 0 Å². The maximum absolute atomic E-state index is 12.7. The van der Waals surface area contributed by atoms with E-state index >= 15 is 0 Å². The van der Waals surface area contributed by atoms with E-state index in [1.165, 1.54) is 34.1 Å². The molecule has 0 unspecified atom stereocenters. The van der Waals surface area contributed by atoms with Gasteiger partial charge >= 0.3 is 5.97 Å². The summed E-state index contributed by atoms with van der Waals surface area (Å²) in [5.74, 6) is -1.03. The van der Waals surface area contributed by atoms with E-state index in [9.17, 15) is 14.4 Å². The van der Waals surface area contributed by atoms with Crippen LogP contribution in [0.25, 0.3) is 10.2 Å². The molecule has 7 nitrogen and oxygen atoms in total. The molecule has 0 spiro atoms. The number of esters is 1. The Bertz CT molecular complexity index is 1090. The largest absolute Gasteiger partial charge is 0.451 e. The van der Waals surface area contributed by atoms with E-state index in [-0.39, 0.29) is 18.0 Å². The molecule has 146 valence electrons. The molecular formula is C20H21N3O4S. The first-order valence-corrected chi connectivity index (χ1v) is 9.58. The van der Waals surface area contributed by atoms with Crippen molar-refractivity contribution < 1.29 is 14.3 Å². The molecule has 0 fully saturated rings. The smallest absolute Gasteiger partial charge is 0.326 e. The monoisotopic (exact) mass is 399 g/mol. The Balaban J connectivity index is 1.71. The number of fused-ring (bicyclic) bond motifs is 1. The summed E-state index contributed by atoms with van der Waals surface area (Å²) >= 11 is 1.45. The Morgan fingerprint density at radius 2 is 1.93 bits per heavy atom. The van der Waals surface area contributed by atoms with Gasteiger partial charge in [-0.3, -0.25) is 19.0 Å². The lowest BCUT2D eigenvalue weighted by Crippen LogP contribution is -2.38. The van der Waals surface area contributed by atoms with Gasteiger partial charge in [0.05, 0.1) is 11.7 Å². The van der Waals surface area contributed by atoms with Crippen LogP contribution in [0.1, 0.15) is 17.4 Å². The van der Waals surface area contributed by atoms with Crippen LogP contribution in [0.2, 0.25) is 0 Å². The molecule has 0 aliphatic carbocycles. The van der Waals surface area contributed by atoms with Gasteiger partial charge in [0.25, 0.3) is 11.5 Å². The minimum atomic E-state index is -0.977. The lowest BCUT2D eigenvalue weighted by atomic mass is 10.2. The quantitative estimate of drug-likeness (QED) is 0.616. The van der Waals surface area contributed by atoms with Crippen LogP contribution in [0.4, 0.5) is 5.69 Å². The van der Waals surface area contributed by atoms with Gasteiger partial charge in [0.1, 0.15) is 11.4 Å². The average molecular weight is 399 g/mol. The lowest BCUT2D eigenvalue weighted by molar-refractivity contribution is -0.154. The van der Waals surface area contributed by atoms with Crippen molar-refractivity contribution in [2.75, 3.05) is 11.9 Å². The Morgan fingerprint density at radius 1 is 1.25 bits per heavy atom. The number of hydrogen-bond donors (Lipinski definition) is 0. The zero-order valence-corrected chi connectivity index (χ0v) is 16.9. The van der Waals surface area contributed by atoms with Gasteiger partial charge < -0.3 is 9.64 Å². The first-order chi connectivity index (χ1) is 13.3. The molecule has 1 atom stereocenters. The normalized spacial score (nSPS) is 12.0. The number of carbonyl (C=O) groups excluding carboxylic acids is 2. The van der Waals surface area contributed by atoms with Crippen molar-refractivity contribution in [3.63, 3.8) is 0 Å². The van der Waals surface area contributed by atoms with Gasteiger partial charge in [0.2, 0.25) is 0 Å². The molecule has 0 bridgehead atoms. The summed E-state index contributed by atoms with van der Waals surface area (Å²) in [5, 5.41) is 0.519. The van der Waals surface area contributed by atoms with E-state index in [0.717, 1.165) is 10.4 Å². The van der Waals surface area contributed by atoms with Gasteiger partial charge in [-0.05, 0) is 38.5 Å². The maximum Gasteiger partial charge on any atom is 0.326 e. The van der Waals surface area contributed by atoms with E-state index in [1.54, 1.807) is 19.2 Å². The Hall–Kier alpha value is -3.00. The first-order valence-electron chi connectivity index (χ1n) is 8.76. The number of anilines is 1. The average Bonchev–Trinajstić information content (AvgIpc) is 2.98. The number of nitrogens with zero attached hydrogens (tertiary/aromatic N) is 3. The predicted octanol–water partition coefficient (Wildman–Crippen LogP) is 2.67. The SMILES string of the molecule is Cc1sc2ncn(CC(=O)O[C@@H](C)C(=O)N(C)c3ccccc3)c(=O)c2c1C. The highest BCUT2D eigenvalue weighted by Crippen LogP contribution is 2.25. The van der Waals surface area contributed by atoms with Gasteiger partial charge in [-0.25, -0.2) is 4.98 Å². The van der Waals surface area contributed by atoms with Gasteiger partial charge in [0.15, 0.2) is 6.10 Å². The highest BCUT2D eigenvalue weighted by Gasteiger charge is 2.23. The van der Waals surface area contributed by atoms with E-state index in [0.29, 0.717) is 15.9 Å². The van der Waals surface area contributed by atoms with Crippen LogP contribution in [0.3, 0.4) is 0 Å². The zero-order valence-electron chi connectivity index (χ0n) is 16.1. The maximum atomic E-state index is 12.7. The molecule has 0 radical (unpaired) electrons. The number of ether oxygens (including phenoxy) is 1. The molecule has 0 saturated heterocycles. The number of thiophene rings is 1. The number of rotatable bonds is 5. The minimum Gasteiger partial charge on any atom is -0.451 e. The third-order valence-corrected chi connectivity index (χ3v) is 5.70. The number of aryl methyl sites for hydroxylation is 2. The summed E-state index contributed by atoms with van der Waals surface area (Å²) in [4.78, 5) is 44.8. The molecule has 3 rings (SSSR count). The molecule has 1 amide bonds. The molecular weight excluding hydrogens is 378 g/mol. The molecule has 2 heterocycles. The van der Waals surface area contributed by atoms with Gasteiger partial charge in [0, 0.05) is 17.6 Å². The predicted molar refractivity (Wildman–Crippen MR) is 109 cm³/mol. The molecule has 0 saturated carbocycles. The standard InChI is InChI=1S/C20H21N3O4S/c1-12-14(3)28-18-17(12)20(26)23(11-21-18)10-16(24)27-13(2)19(25)22(4)15-8-6-5-7-9-15/h5-9,11,13H,10H2,1-4H3/t13-/m0/s1. The topological polar surface area (TPSA) is 81.5 Å². The fourth-order valence-corrected chi connectivity index (χ4v) is 3.85. The number of aromatic nitrogens is 2. The molecule has 8 heteroatoms. The van der Waals surface area contributed by atoms with Crippen LogP contribution in [-0.2, 0) is 20.9 Å². The second kappa shape index (κ2) is 7.93. The van der Waals surface area contributed by atoms with E-state index < -0.39 is 12.1 Å². The summed E-state index contributed by atoms with van der Waals surface area (Å²) < 4.78 is 6.46. The van der Waals surface area contributed by atoms with Gasteiger partial charge in [-0.1, -0.05) is 18.2 Å². The van der Waals surface area contributed by atoms with E-state index in [1.807, 2.05) is 32.0 Å². The number of likely N-dealkylation sites (N-methyl/N-ethyl adjacent to an activating group) is 1. The van der Waals surface area contributed by atoms with Crippen molar-refractivity contribution in [1.82, 2.24) is 9.55 Å². The third-order valence-electron chi connectivity index (χ3n) is 4.59. The number of carbonyl (C=O) groups is 2. The Kier molecular flexibility index (Phi) is 5.60. The zero-order chi connectivity index (χ0) is 20.4. The summed E-state index contributed by atoms with van der Waals surface area (Å²) in [5.41, 5.74) is 1.28. The Morgan fingerprint density at radius 3 is 2.61 bits per heavy atom. The summed E-state index contributed by atoms with van der Waals surface area (Å²) in [6.45, 7) is 5.00. The summed E-state index contributed by atoms with van der Waals surface area (Å²) in [6.07, 6.45) is 0.361. The van der Waals surface area contributed by atoms with Crippen molar-refractivity contribution in [3.05, 3.63) is 57.5 Å². The fourth-order valence-electron chi connectivity index (χ4n) is 2.86. The fraction of sp³-hybridized carbons (Fsp3) is 0.300. The molecule has 0 aliphatic rings. The van der Waals surface area contributed by atoms with Crippen LogP contribution < -0.4 is 10.5 Å². The van der Waals surface area contributed by atoms with Gasteiger partial charge in [-0.2, -0.15) is 0 Å². The number of amides is 1. The van der Waals surface area contributed by atoms with Crippen LogP contribution in [0, 0.1) is 13.8 Å². The van der Waals surface area contributed by atoms with E-state index in [2.05, 4.69) is 4.98 Å². The molecule has 28 heavy (non-hydrogen) atoms. The van der Waals surface area contributed by atoms with Crippen molar-refractivity contribution in [1.29, 1.82) is 0 Å². The van der Waals surface area contributed by atoms with Crippen LogP contribution in [0.15, 0.2) is 41.5 Å². The van der Waals surface area contributed by atoms with Crippen molar-refractivity contribution in [2.45, 2.75) is 33.4 Å². The second-order valence-corrected chi connectivity index (χ2v) is 7.71. The first kappa shape index (κ1) is 19.8. The lowest BCUT2D eigenvalue weighted by Gasteiger charge is -2.21. The highest BCUT2D eigenvalue weighted by molar-refractivity contribution is 7.18. The summed E-state index contributed by atoms with van der Waals surface area (Å²) in [7, 11) is 1.62. The summed E-state index contributed by atoms with van der Waals surface area (Å²) in [6, 6.07) is 9.07. The van der Waals surface area contributed by atoms with Crippen LogP contribution >= 0.6 is 11.3 Å². The number of para-hydroxylation sites is 1.